The zero-order valence-electron chi connectivity index (χ0n) is 9.89. The third kappa shape index (κ3) is 3.37. The molecular weight excluding hydrogens is 254 g/mol. The standard InChI is InChI=1S/C10H13N5S2/c1-4-11-9-14-15-10(17-9)16-8-5-6(2)12-7(3)13-8/h5H,4H2,1-3H3,(H,11,14). The van der Waals surface area contributed by atoms with E-state index in [1.54, 1.807) is 0 Å². The van der Waals surface area contributed by atoms with Crippen molar-refractivity contribution in [2.45, 2.75) is 30.1 Å². The minimum absolute atomic E-state index is 0.781. The van der Waals surface area contributed by atoms with Gasteiger partial charge in [-0.2, -0.15) is 0 Å². The highest BCUT2D eigenvalue weighted by atomic mass is 32.2. The van der Waals surface area contributed by atoms with Crippen molar-refractivity contribution in [3.05, 3.63) is 17.6 Å². The molecule has 90 valence electrons. The summed E-state index contributed by atoms with van der Waals surface area (Å²) < 4.78 is 0.887. The lowest BCUT2D eigenvalue weighted by atomic mass is 10.4. The van der Waals surface area contributed by atoms with Gasteiger partial charge in [0.2, 0.25) is 5.13 Å². The number of nitrogens with one attached hydrogen (secondary N) is 1. The predicted molar refractivity (Wildman–Crippen MR) is 69.7 cm³/mol. The second kappa shape index (κ2) is 5.42. The number of hydrogen-bond donors (Lipinski definition) is 1. The van der Waals surface area contributed by atoms with Gasteiger partial charge < -0.3 is 5.32 Å². The molecule has 0 saturated heterocycles. The zero-order chi connectivity index (χ0) is 12.3. The number of aryl methyl sites for hydroxylation is 2. The van der Waals surface area contributed by atoms with Crippen LogP contribution in [0.3, 0.4) is 0 Å². The minimum atomic E-state index is 0.781. The first-order valence-corrected chi connectivity index (χ1v) is 6.88. The van der Waals surface area contributed by atoms with E-state index in [4.69, 9.17) is 0 Å². The van der Waals surface area contributed by atoms with Crippen LogP contribution in [0.25, 0.3) is 0 Å². The highest BCUT2D eigenvalue weighted by Crippen LogP contribution is 2.30. The summed E-state index contributed by atoms with van der Waals surface area (Å²) in [6.07, 6.45) is 0. The summed E-state index contributed by atoms with van der Waals surface area (Å²) in [6.45, 7) is 6.74. The molecule has 0 aromatic carbocycles. The van der Waals surface area contributed by atoms with Gasteiger partial charge in [0.15, 0.2) is 4.34 Å². The summed E-state index contributed by atoms with van der Waals surface area (Å²) in [5, 5.41) is 13.0. The minimum Gasteiger partial charge on any atom is -0.360 e. The Hall–Kier alpha value is -1.21. The number of rotatable bonds is 4. The molecule has 2 aromatic heterocycles. The molecule has 7 heteroatoms. The average Bonchev–Trinajstić information content (AvgIpc) is 2.64. The van der Waals surface area contributed by atoms with Gasteiger partial charge in [-0.3, -0.25) is 0 Å². The Morgan fingerprint density at radius 2 is 2.12 bits per heavy atom. The van der Waals surface area contributed by atoms with Crippen LogP contribution in [0.5, 0.6) is 0 Å². The summed E-state index contributed by atoms with van der Waals surface area (Å²) in [6, 6.07) is 1.95. The van der Waals surface area contributed by atoms with Gasteiger partial charge in [-0.25, -0.2) is 9.97 Å². The van der Waals surface area contributed by atoms with Gasteiger partial charge in [-0.1, -0.05) is 11.3 Å². The van der Waals surface area contributed by atoms with Crippen molar-refractivity contribution in [2.75, 3.05) is 11.9 Å². The lowest BCUT2D eigenvalue weighted by Gasteiger charge is -1.99. The summed E-state index contributed by atoms with van der Waals surface area (Å²) in [5.41, 5.74) is 0.969. The van der Waals surface area contributed by atoms with Gasteiger partial charge in [0.1, 0.15) is 10.9 Å². The smallest absolute Gasteiger partial charge is 0.206 e. The van der Waals surface area contributed by atoms with Crippen molar-refractivity contribution in [1.82, 2.24) is 20.2 Å². The zero-order valence-corrected chi connectivity index (χ0v) is 11.5. The van der Waals surface area contributed by atoms with Gasteiger partial charge in [0.25, 0.3) is 0 Å². The van der Waals surface area contributed by atoms with Crippen LogP contribution in [0.15, 0.2) is 15.4 Å². The monoisotopic (exact) mass is 267 g/mol. The van der Waals surface area contributed by atoms with Crippen LogP contribution < -0.4 is 5.32 Å². The van der Waals surface area contributed by atoms with E-state index in [0.29, 0.717) is 0 Å². The van der Waals surface area contributed by atoms with Crippen molar-refractivity contribution in [2.24, 2.45) is 0 Å². The van der Waals surface area contributed by atoms with Gasteiger partial charge in [0.05, 0.1) is 0 Å². The number of anilines is 1. The maximum Gasteiger partial charge on any atom is 0.206 e. The van der Waals surface area contributed by atoms with Crippen LogP contribution >= 0.6 is 23.1 Å². The molecule has 0 bridgehead atoms. The lowest BCUT2D eigenvalue weighted by Crippen LogP contribution is -1.94. The average molecular weight is 267 g/mol. The van der Waals surface area contributed by atoms with Gasteiger partial charge in [0, 0.05) is 12.2 Å². The molecule has 0 unspecified atom stereocenters. The summed E-state index contributed by atoms with van der Waals surface area (Å²) in [5.74, 6) is 0.781. The lowest BCUT2D eigenvalue weighted by molar-refractivity contribution is 0.932. The van der Waals surface area contributed by atoms with Crippen LogP contribution in [0, 0.1) is 13.8 Å². The molecule has 2 rings (SSSR count). The first-order valence-electron chi connectivity index (χ1n) is 5.25. The third-order valence-electron chi connectivity index (χ3n) is 1.87. The summed E-state index contributed by atoms with van der Waals surface area (Å²) >= 11 is 3.05. The Balaban J connectivity index is 2.13. The third-order valence-corrected chi connectivity index (χ3v) is 3.72. The topological polar surface area (TPSA) is 63.6 Å². The van der Waals surface area contributed by atoms with Gasteiger partial charge in [-0.15, -0.1) is 10.2 Å². The second-order valence-corrected chi connectivity index (χ2v) is 5.65. The quantitative estimate of drug-likeness (QED) is 0.859. The summed E-state index contributed by atoms with van der Waals surface area (Å²) in [7, 11) is 0. The Labute approximate surface area is 108 Å². The van der Waals surface area contributed by atoms with E-state index in [2.05, 4.69) is 25.5 Å². The molecule has 2 heterocycles. The number of aromatic nitrogens is 4. The van der Waals surface area contributed by atoms with E-state index in [1.165, 1.54) is 23.1 Å². The molecule has 17 heavy (non-hydrogen) atoms. The van der Waals surface area contributed by atoms with Crippen LogP contribution in [-0.2, 0) is 0 Å². The highest BCUT2D eigenvalue weighted by molar-refractivity contribution is 8.01. The van der Waals surface area contributed by atoms with Crippen LogP contribution in [-0.4, -0.2) is 26.7 Å². The molecule has 0 atom stereocenters. The Kier molecular flexibility index (Phi) is 3.90. The molecule has 1 N–H and O–H groups in total. The SMILES string of the molecule is CCNc1nnc(Sc2cc(C)nc(C)n2)s1. The molecular formula is C10H13N5S2. The van der Waals surface area contributed by atoms with Crippen LogP contribution in [0.2, 0.25) is 0 Å². The molecule has 0 saturated carbocycles. The van der Waals surface area contributed by atoms with Crippen molar-refractivity contribution >= 4 is 28.2 Å². The molecule has 0 aliphatic rings. The first kappa shape index (κ1) is 12.3. The van der Waals surface area contributed by atoms with E-state index in [9.17, 15) is 0 Å². The largest absolute Gasteiger partial charge is 0.360 e. The second-order valence-electron chi connectivity index (χ2n) is 3.40. The van der Waals surface area contributed by atoms with E-state index < -0.39 is 0 Å². The van der Waals surface area contributed by atoms with Crippen molar-refractivity contribution in [3.63, 3.8) is 0 Å². The Morgan fingerprint density at radius 1 is 1.29 bits per heavy atom. The Bertz CT molecular complexity index is 491. The predicted octanol–water partition coefficient (Wildman–Crippen LogP) is 2.53. The van der Waals surface area contributed by atoms with E-state index in [-0.39, 0.29) is 0 Å². The molecule has 5 nitrogen and oxygen atoms in total. The highest BCUT2D eigenvalue weighted by Gasteiger charge is 2.07. The van der Waals surface area contributed by atoms with Crippen molar-refractivity contribution < 1.29 is 0 Å². The van der Waals surface area contributed by atoms with E-state index in [1.807, 2.05) is 26.8 Å². The molecule has 0 aliphatic heterocycles. The van der Waals surface area contributed by atoms with E-state index >= 15 is 0 Å². The maximum atomic E-state index is 4.35. The fraction of sp³-hybridized carbons (Fsp3) is 0.400. The Morgan fingerprint density at radius 3 is 2.82 bits per heavy atom. The van der Waals surface area contributed by atoms with Crippen LogP contribution in [0.4, 0.5) is 5.13 Å². The molecule has 0 fully saturated rings. The first-order chi connectivity index (χ1) is 8.17. The molecule has 2 aromatic rings. The summed E-state index contributed by atoms with van der Waals surface area (Å²) in [4.78, 5) is 8.60. The van der Waals surface area contributed by atoms with Crippen LogP contribution in [0.1, 0.15) is 18.4 Å². The van der Waals surface area contributed by atoms with Crippen molar-refractivity contribution in [1.29, 1.82) is 0 Å². The normalized spacial score (nSPS) is 10.5. The molecule has 0 amide bonds. The molecule has 0 spiro atoms. The fourth-order valence-electron chi connectivity index (χ4n) is 1.30. The number of hydrogen-bond acceptors (Lipinski definition) is 7. The maximum absolute atomic E-state index is 4.35. The molecule has 0 aliphatic carbocycles. The fourth-order valence-corrected chi connectivity index (χ4v) is 3.17. The molecule has 0 radical (unpaired) electrons. The van der Waals surface area contributed by atoms with Gasteiger partial charge in [-0.05, 0) is 38.6 Å². The van der Waals surface area contributed by atoms with E-state index in [0.717, 1.165) is 32.6 Å². The number of nitrogens with zero attached hydrogens (tertiary/aromatic N) is 4. The van der Waals surface area contributed by atoms with Crippen molar-refractivity contribution in [3.8, 4) is 0 Å². The van der Waals surface area contributed by atoms with Gasteiger partial charge >= 0.3 is 0 Å².